The summed E-state index contributed by atoms with van der Waals surface area (Å²) in [6.45, 7) is -3.04. The van der Waals surface area contributed by atoms with Crippen molar-refractivity contribution in [2.45, 2.75) is 6.61 Å². The van der Waals surface area contributed by atoms with Crippen LogP contribution in [0.4, 0.5) is 8.78 Å². The van der Waals surface area contributed by atoms with E-state index in [1.165, 1.54) is 17.9 Å². The second kappa shape index (κ2) is 6.20. The molecule has 0 unspecified atom stereocenters. The van der Waals surface area contributed by atoms with Gasteiger partial charge >= 0.3 is 6.61 Å². The lowest BCUT2D eigenvalue weighted by Gasteiger charge is -2.03. The van der Waals surface area contributed by atoms with E-state index in [1.54, 1.807) is 0 Å². The Hall–Kier alpha value is -1.33. The molecular weight excluding hydrogens is 396 g/mol. The zero-order valence-corrected chi connectivity index (χ0v) is 13.5. The van der Waals surface area contributed by atoms with E-state index >= 15 is 0 Å². The molecule has 0 saturated carbocycles. The molecule has 0 bridgehead atoms. The molecule has 7 nitrogen and oxygen atoms in total. The number of carbonyl (C=O) groups excluding carboxylic acids is 1. The normalized spacial score (nSPS) is 11.0. The number of halogens is 4. The fourth-order valence-electron chi connectivity index (χ4n) is 1.51. The SMILES string of the molecule is Cn1nc(-n2ncc(C(=O)NS)c2Br)c(Cl)c1OC(F)F. The third-order valence-electron chi connectivity index (χ3n) is 2.38. The highest BCUT2D eigenvalue weighted by Gasteiger charge is 2.24. The molecule has 0 spiro atoms. The summed E-state index contributed by atoms with van der Waals surface area (Å²) < 4.78 is 33.5. The van der Waals surface area contributed by atoms with Crippen LogP contribution in [0.3, 0.4) is 0 Å². The minimum absolute atomic E-state index is 0.0277. The van der Waals surface area contributed by atoms with Gasteiger partial charge in [-0.1, -0.05) is 24.4 Å². The standard InChI is InChI=1S/C9H7BrClF2N5O2S/c1-17-8(20-9(12)13)4(11)6(15-17)18-5(10)3(2-14-18)7(19)16-21/h2,9,21H,1H3,(H,16,19). The first-order valence-corrected chi connectivity index (χ1v) is 6.84. The molecule has 1 amide bonds. The van der Waals surface area contributed by atoms with E-state index in [2.05, 4.69) is 48.4 Å². The van der Waals surface area contributed by atoms with Crippen molar-refractivity contribution in [3.8, 4) is 11.7 Å². The Balaban J connectivity index is 2.49. The number of aryl methyl sites for hydroxylation is 1. The first kappa shape index (κ1) is 16.0. The van der Waals surface area contributed by atoms with Crippen molar-refractivity contribution in [1.82, 2.24) is 24.3 Å². The van der Waals surface area contributed by atoms with Gasteiger partial charge in [-0.25, -0.2) is 9.36 Å². The van der Waals surface area contributed by atoms with Gasteiger partial charge in [0.1, 0.15) is 9.63 Å². The van der Waals surface area contributed by atoms with Crippen LogP contribution in [-0.4, -0.2) is 32.1 Å². The number of rotatable bonds is 4. The molecule has 2 aromatic heterocycles. The van der Waals surface area contributed by atoms with Crippen LogP contribution < -0.4 is 9.46 Å². The lowest BCUT2D eigenvalue weighted by atomic mass is 10.3. The van der Waals surface area contributed by atoms with Crippen molar-refractivity contribution >= 4 is 46.3 Å². The fraction of sp³-hybridized carbons (Fsp3) is 0.222. The minimum atomic E-state index is -3.04. The van der Waals surface area contributed by atoms with Crippen LogP contribution in [0.1, 0.15) is 10.4 Å². The van der Waals surface area contributed by atoms with Gasteiger partial charge in [0.15, 0.2) is 5.82 Å². The molecule has 0 atom stereocenters. The number of ether oxygens (including phenoxy) is 1. The molecule has 2 aromatic rings. The zero-order valence-electron chi connectivity index (χ0n) is 10.2. The van der Waals surface area contributed by atoms with Crippen LogP contribution in [0.5, 0.6) is 5.88 Å². The lowest BCUT2D eigenvalue weighted by Crippen LogP contribution is -2.12. The van der Waals surface area contributed by atoms with Crippen molar-refractivity contribution in [3.05, 3.63) is 21.4 Å². The predicted molar refractivity (Wildman–Crippen MR) is 76.1 cm³/mol. The van der Waals surface area contributed by atoms with Crippen LogP contribution in [-0.2, 0) is 7.05 Å². The highest BCUT2D eigenvalue weighted by molar-refractivity contribution is 9.10. The number of amides is 1. The lowest BCUT2D eigenvalue weighted by molar-refractivity contribution is -0.0552. The number of carbonyl (C=O) groups is 1. The highest BCUT2D eigenvalue weighted by atomic mass is 79.9. The van der Waals surface area contributed by atoms with Gasteiger partial charge in [-0.2, -0.15) is 13.9 Å². The molecule has 0 aromatic carbocycles. The Kier molecular flexibility index (Phi) is 4.74. The van der Waals surface area contributed by atoms with E-state index in [4.69, 9.17) is 11.6 Å². The molecular formula is C9H7BrClF2N5O2S. The van der Waals surface area contributed by atoms with E-state index in [9.17, 15) is 13.6 Å². The molecule has 0 saturated heterocycles. The summed E-state index contributed by atoms with van der Waals surface area (Å²) in [5.74, 6) is -0.795. The van der Waals surface area contributed by atoms with Gasteiger partial charge in [0.2, 0.25) is 5.88 Å². The maximum absolute atomic E-state index is 12.3. The summed E-state index contributed by atoms with van der Waals surface area (Å²) in [7, 11) is 1.38. The van der Waals surface area contributed by atoms with Crippen LogP contribution in [0.15, 0.2) is 10.8 Å². The quantitative estimate of drug-likeness (QED) is 0.769. The van der Waals surface area contributed by atoms with Crippen LogP contribution >= 0.6 is 40.3 Å². The first-order valence-electron chi connectivity index (χ1n) is 5.22. The van der Waals surface area contributed by atoms with Crippen molar-refractivity contribution < 1.29 is 18.3 Å². The molecule has 2 heterocycles. The Morgan fingerprint density at radius 3 is 2.86 bits per heavy atom. The Labute approximate surface area is 135 Å². The number of aromatic nitrogens is 4. The molecule has 0 aliphatic carbocycles. The van der Waals surface area contributed by atoms with Crippen molar-refractivity contribution in [1.29, 1.82) is 0 Å². The van der Waals surface area contributed by atoms with Gasteiger partial charge in [-0.3, -0.25) is 9.52 Å². The van der Waals surface area contributed by atoms with Gasteiger partial charge in [-0.15, -0.1) is 5.10 Å². The average molecular weight is 403 g/mol. The number of hydrogen-bond donors (Lipinski definition) is 2. The molecule has 0 aliphatic heterocycles. The number of thiol groups is 1. The number of nitrogens with zero attached hydrogens (tertiary/aromatic N) is 4. The molecule has 0 radical (unpaired) electrons. The van der Waals surface area contributed by atoms with Gasteiger partial charge in [0.25, 0.3) is 5.91 Å². The van der Waals surface area contributed by atoms with Crippen molar-refractivity contribution in [3.63, 3.8) is 0 Å². The number of alkyl halides is 2. The molecule has 114 valence electrons. The number of nitrogens with one attached hydrogen (secondary N) is 1. The highest BCUT2D eigenvalue weighted by Crippen LogP contribution is 2.33. The Bertz CT molecular complexity index is 692. The molecule has 2 rings (SSSR count). The summed E-state index contributed by atoms with van der Waals surface area (Å²) >= 11 is 12.8. The van der Waals surface area contributed by atoms with E-state index < -0.39 is 12.5 Å². The van der Waals surface area contributed by atoms with E-state index in [0.29, 0.717) is 0 Å². The second-order valence-electron chi connectivity index (χ2n) is 3.65. The van der Waals surface area contributed by atoms with Gasteiger partial charge < -0.3 is 4.74 Å². The summed E-state index contributed by atoms with van der Waals surface area (Å²) in [5, 5.41) is 7.69. The topological polar surface area (TPSA) is 74.0 Å². The molecule has 1 N–H and O–H groups in total. The first-order chi connectivity index (χ1) is 9.86. The fourth-order valence-corrected chi connectivity index (χ4v) is 2.46. The summed E-state index contributed by atoms with van der Waals surface area (Å²) in [6, 6.07) is 0. The summed E-state index contributed by atoms with van der Waals surface area (Å²) in [4.78, 5) is 11.5. The Morgan fingerprint density at radius 1 is 1.62 bits per heavy atom. The van der Waals surface area contributed by atoms with E-state index in [1.807, 2.05) is 0 Å². The summed E-state index contributed by atoms with van der Waals surface area (Å²) in [5.41, 5.74) is 0.169. The van der Waals surface area contributed by atoms with Crippen molar-refractivity contribution in [2.24, 2.45) is 7.05 Å². The monoisotopic (exact) mass is 401 g/mol. The third-order valence-corrected chi connectivity index (χ3v) is 3.68. The van der Waals surface area contributed by atoms with Gasteiger partial charge in [-0.05, 0) is 15.9 Å². The third kappa shape index (κ3) is 2.99. The maximum Gasteiger partial charge on any atom is 0.388 e. The molecule has 0 fully saturated rings. The molecule has 0 aliphatic rings. The van der Waals surface area contributed by atoms with Gasteiger partial charge in [0, 0.05) is 7.05 Å². The molecule has 21 heavy (non-hydrogen) atoms. The largest absolute Gasteiger partial charge is 0.415 e. The van der Waals surface area contributed by atoms with Crippen LogP contribution in [0, 0.1) is 0 Å². The molecule has 12 heteroatoms. The predicted octanol–water partition coefficient (Wildman–Crippen LogP) is 2.20. The summed E-state index contributed by atoms with van der Waals surface area (Å²) in [6.07, 6.45) is 1.24. The zero-order chi connectivity index (χ0) is 15.7. The minimum Gasteiger partial charge on any atom is -0.415 e. The van der Waals surface area contributed by atoms with Crippen molar-refractivity contribution in [2.75, 3.05) is 0 Å². The maximum atomic E-state index is 12.3. The number of hydrogen-bond acceptors (Lipinski definition) is 5. The average Bonchev–Trinajstić information content (AvgIpc) is 2.92. The smallest absolute Gasteiger partial charge is 0.388 e. The van der Waals surface area contributed by atoms with Gasteiger partial charge in [0.05, 0.1) is 11.8 Å². The van der Waals surface area contributed by atoms with E-state index in [-0.39, 0.29) is 26.9 Å². The Morgan fingerprint density at radius 2 is 2.29 bits per heavy atom. The van der Waals surface area contributed by atoms with Crippen LogP contribution in [0.2, 0.25) is 5.02 Å². The van der Waals surface area contributed by atoms with Crippen LogP contribution in [0.25, 0.3) is 5.82 Å². The van der Waals surface area contributed by atoms with E-state index in [0.717, 1.165) is 4.68 Å². The second-order valence-corrected chi connectivity index (χ2v) is 5.00.